The molecule has 0 amide bonds. The highest BCUT2D eigenvalue weighted by atomic mass is 127. The number of nitrogens with zero attached hydrogens (tertiary/aromatic N) is 2. The molecule has 3 rings (SSSR count). The highest BCUT2D eigenvalue weighted by Crippen LogP contribution is 2.44. The third-order valence-corrected chi connectivity index (χ3v) is 9.04. The molecule has 144 valence electrons. The molecule has 1 aliphatic rings. The van der Waals surface area contributed by atoms with E-state index in [0.29, 0.717) is 0 Å². The zero-order valence-corrected chi connectivity index (χ0v) is 19.3. The molecule has 0 aromatic heterocycles. The van der Waals surface area contributed by atoms with Gasteiger partial charge in [0.1, 0.15) is 0 Å². The summed E-state index contributed by atoms with van der Waals surface area (Å²) in [5.74, 6) is 0. The number of fused-ring (bicyclic) bond motifs is 1. The molecule has 2 aromatic rings. The van der Waals surface area contributed by atoms with Crippen molar-refractivity contribution < 1.29 is 0 Å². The summed E-state index contributed by atoms with van der Waals surface area (Å²) in [4.78, 5) is 2.38. The number of halogens is 1. The van der Waals surface area contributed by atoms with Crippen molar-refractivity contribution in [2.75, 3.05) is 28.2 Å². The SMILES string of the molecule is CCN(CC)c1ccc(/C=C\C2=IN(C)c3ccccc3C2(C)CC)cc1. The van der Waals surface area contributed by atoms with Crippen molar-refractivity contribution in [3.8, 4) is 0 Å². The van der Waals surface area contributed by atoms with Gasteiger partial charge in [0.15, 0.2) is 0 Å². The lowest BCUT2D eigenvalue weighted by molar-refractivity contribution is 0.624. The van der Waals surface area contributed by atoms with Crippen LogP contribution in [0.4, 0.5) is 11.4 Å². The van der Waals surface area contributed by atoms with Crippen molar-refractivity contribution in [3.63, 3.8) is 0 Å². The van der Waals surface area contributed by atoms with E-state index in [1.54, 1.807) is 3.51 Å². The van der Waals surface area contributed by atoms with Gasteiger partial charge in [0.05, 0.1) is 0 Å². The summed E-state index contributed by atoms with van der Waals surface area (Å²) in [5.41, 5.74) is 5.62. The van der Waals surface area contributed by atoms with E-state index in [2.05, 4.69) is 103 Å². The van der Waals surface area contributed by atoms with Crippen LogP contribution in [0.15, 0.2) is 54.6 Å². The van der Waals surface area contributed by atoms with Gasteiger partial charge in [-0.25, -0.2) is 0 Å². The summed E-state index contributed by atoms with van der Waals surface area (Å²) in [6.07, 6.45) is 5.84. The Balaban J connectivity index is 1.88. The maximum absolute atomic E-state index is 2.48. The summed E-state index contributed by atoms with van der Waals surface area (Å²) in [5, 5.41) is 0. The minimum Gasteiger partial charge on any atom is -0.372 e. The Morgan fingerprint density at radius 1 is 0.963 bits per heavy atom. The summed E-state index contributed by atoms with van der Waals surface area (Å²) >= 11 is -0.165. The first kappa shape index (κ1) is 20.1. The molecular weight excluding hydrogens is 443 g/mol. The van der Waals surface area contributed by atoms with Crippen LogP contribution in [0.3, 0.4) is 0 Å². The Hall–Kier alpha value is -1.62. The van der Waals surface area contributed by atoms with Crippen LogP contribution in [0.1, 0.15) is 45.2 Å². The molecule has 0 N–H and O–H groups in total. The van der Waals surface area contributed by atoms with E-state index in [9.17, 15) is 0 Å². The van der Waals surface area contributed by atoms with E-state index in [1.807, 2.05) is 0 Å². The van der Waals surface area contributed by atoms with Gasteiger partial charge in [-0.15, -0.1) is 0 Å². The fraction of sp³-hybridized carbons (Fsp3) is 0.375. The van der Waals surface area contributed by atoms with Crippen molar-refractivity contribution in [1.29, 1.82) is 0 Å². The maximum Gasteiger partial charge on any atom is 0.0491 e. The molecule has 0 bridgehead atoms. The minimum atomic E-state index is -0.165. The molecule has 27 heavy (non-hydrogen) atoms. The van der Waals surface area contributed by atoms with Gasteiger partial charge in [-0.3, -0.25) is 0 Å². The van der Waals surface area contributed by atoms with Crippen LogP contribution in [-0.4, -0.2) is 23.6 Å². The second kappa shape index (κ2) is 8.59. The van der Waals surface area contributed by atoms with E-state index < -0.39 is 0 Å². The Bertz CT molecular complexity index is 834. The van der Waals surface area contributed by atoms with Crippen molar-refractivity contribution in [2.24, 2.45) is 0 Å². The van der Waals surface area contributed by atoms with Gasteiger partial charge in [0.25, 0.3) is 0 Å². The zero-order valence-electron chi connectivity index (χ0n) is 17.2. The van der Waals surface area contributed by atoms with Crippen LogP contribution in [0.5, 0.6) is 0 Å². The second-order valence-corrected chi connectivity index (χ2v) is 10.3. The average molecular weight is 474 g/mol. The monoisotopic (exact) mass is 474 g/mol. The molecule has 0 saturated carbocycles. The maximum atomic E-state index is 2.48. The topological polar surface area (TPSA) is 6.48 Å². The van der Waals surface area contributed by atoms with Gasteiger partial charge in [-0.1, -0.05) is 56.3 Å². The molecular formula is C24H31IN2. The number of rotatable bonds is 6. The van der Waals surface area contributed by atoms with Crippen LogP contribution >= 0.6 is 21.0 Å². The normalized spacial score (nSPS) is 19.4. The third-order valence-electron chi connectivity index (χ3n) is 5.73. The number of para-hydroxylation sites is 1. The van der Waals surface area contributed by atoms with Gasteiger partial charge < -0.3 is 8.01 Å². The first-order chi connectivity index (χ1) is 13.0. The summed E-state index contributed by atoms with van der Waals surface area (Å²) < 4.78 is 4.08. The standard InChI is InChI=1S/C24H31IN2/c1-6-24(4)21-11-9-10-12-22(21)26(5)25-23(24)18-15-19-13-16-20(17-14-19)27(7-2)8-3/h9-18H,6-8H2,1-5H3/b18-15-. The molecule has 3 heteroatoms. The van der Waals surface area contributed by atoms with Gasteiger partial charge >= 0.3 is 0 Å². The highest BCUT2D eigenvalue weighted by molar-refractivity contribution is 14.2. The fourth-order valence-corrected chi connectivity index (χ4v) is 6.74. The Morgan fingerprint density at radius 2 is 1.63 bits per heavy atom. The lowest BCUT2D eigenvalue weighted by Crippen LogP contribution is -2.34. The molecule has 1 atom stereocenters. The zero-order chi connectivity index (χ0) is 19.4. The summed E-state index contributed by atoms with van der Waals surface area (Å²) in [6, 6.07) is 17.9. The van der Waals surface area contributed by atoms with Crippen molar-refractivity contribution in [3.05, 3.63) is 65.7 Å². The minimum absolute atomic E-state index is 0.147. The van der Waals surface area contributed by atoms with Gasteiger partial charge in [-0.05, 0) is 49.6 Å². The quantitative estimate of drug-likeness (QED) is 0.352. The third kappa shape index (κ3) is 3.98. The first-order valence-corrected chi connectivity index (χ1v) is 12.0. The predicted octanol–water partition coefficient (Wildman–Crippen LogP) is 6.42. The number of anilines is 2. The number of allylic oxidation sites excluding steroid dienone is 1. The van der Waals surface area contributed by atoms with Crippen LogP contribution in [0.25, 0.3) is 6.08 Å². The van der Waals surface area contributed by atoms with E-state index >= 15 is 0 Å². The van der Waals surface area contributed by atoms with E-state index in [4.69, 9.17) is 0 Å². The van der Waals surface area contributed by atoms with E-state index in [0.717, 1.165) is 19.5 Å². The lowest BCUT2D eigenvalue weighted by atomic mass is 9.76. The molecule has 0 fully saturated rings. The summed E-state index contributed by atoms with van der Waals surface area (Å²) in [7, 11) is 2.24. The molecule has 0 aliphatic carbocycles. The average Bonchev–Trinajstić information content (AvgIpc) is 2.71. The molecule has 0 spiro atoms. The van der Waals surface area contributed by atoms with Crippen molar-refractivity contribution in [1.82, 2.24) is 0 Å². The Morgan fingerprint density at radius 3 is 2.26 bits per heavy atom. The number of benzene rings is 2. The molecule has 1 unspecified atom stereocenters. The first-order valence-electron chi connectivity index (χ1n) is 9.92. The Kier molecular flexibility index (Phi) is 6.40. The van der Waals surface area contributed by atoms with Gasteiger partial charge in [0, 0.05) is 61.4 Å². The van der Waals surface area contributed by atoms with E-state index in [1.165, 1.54) is 22.5 Å². The smallest absolute Gasteiger partial charge is 0.0491 e. The van der Waals surface area contributed by atoms with E-state index in [-0.39, 0.29) is 26.4 Å². The highest BCUT2D eigenvalue weighted by Gasteiger charge is 2.34. The molecule has 0 saturated heterocycles. The Labute approximate surface area is 175 Å². The van der Waals surface area contributed by atoms with Crippen LogP contribution in [0, 0.1) is 0 Å². The number of hydrogen-bond acceptors (Lipinski definition) is 2. The molecule has 2 aromatic carbocycles. The van der Waals surface area contributed by atoms with Crippen LogP contribution in [0.2, 0.25) is 0 Å². The molecule has 1 heterocycles. The van der Waals surface area contributed by atoms with Crippen LogP contribution < -0.4 is 8.01 Å². The lowest BCUT2D eigenvalue weighted by Gasteiger charge is -2.38. The molecule has 2 nitrogen and oxygen atoms in total. The predicted molar refractivity (Wildman–Crippen MR) is 131 cm³/mol. The van der Waals surface area contributed by atoms with Crippen molar-refractivity contribution >= 4 is 42.0 Å². The van der Waals surface area contributed by atoms with Gasteiger partial charge in [0.2, 0.25) is 0 Å². The van der Waals surface area contributed by atoms with Gasteiger partial charge in [-0.2, -0.15) is 0 Å². The second-order valence-electron chi connectivity index (χ2n) is 7.21. The van der Waals surface area contributed by atoms with Crippen molar-refractivity contribution in [2.45, 2.75) is 39.5 Å². The van der Waals surface area contributed by atoms with Crippen LogP contribution in [-0.2, 0) is 5.41 Å². The summed E-state index contributed by atoms with van der Waals surface area (Å²) in [6.45, 7) is 11.3. The number of hydrogen-bond donors (Lipinski definition) is 0. The largest absolute Gasteiger partial charge is 0.372 e. The molecule has 0 radical (unpaired) electrons. The molecule has 1 aliphatic heterocycles. The fourth-order valence-electron chi connectivity index (χ4n) is 3.74.